The molecule has 4 nitrogen and oxygen atoms in total. The molecule has 1 aromatic heterocycles. The fraction of sp³-hybridized carbons (Fsp3) is 0.333. The van der Waals surface area contributed by atoms with E-state index in [0.29, 0.717) is 18.9 Å². The van der Waals surface area contributed by atoms with Crippen molar-refractivity contribution >= 4 is 17.7 Å². The van der Waals surface area contributed by atoms with Gasteiger partial charge in [0, 0.05) is 37.3 Å². The molecule has 23 heavy (non-hydrogen) atoms. The molecule has 0 N–H and O–H groups in total. The summed E-state index contributed by atoms with van der Waals surface area (Å²) in [6, 6.07) is 12.2. The number of rotatable bonds is 5. The predicted octanol–water partition coefficient (Wildman–Crippen LogP) is 2.77. The lowest BCUT2D eigenvalue weighted by Crippen LogP contribution is -2.39. The number of thioether (sulfide) groups is 1. The van der Waals surface area contributed by atoms with Crippen molar-refractivity contribution in [2.75, 3.05) is 19.3 Å². The largest absolute Gasteiger partial charge is 0.371 e. The minimum Gasteiger partial charge on any atom is -0.371 e. The minimum atomic E-state index is 0.0739. The molecule has 0 fully saturated rings. The van der Waals surface area contributed by atoms with Gasteiger partial charge in [0.2, 0.25) is 5.91 Å². The van der Waals surface area contributed by atoms with Crippen LogP contribution >= 0.6 is 11.8 Å². The molecular weight excluding hydrogens is 308 g/mol. The van der Waals surface area contributed by atoms with Crippen molar-refractivity contribution in [1.29, 1.82) is 0 Å². The van der Waals surface area contributed by atoms with E-state index >= 15 is 0 Å². The number of ether oxygens (including phenoxy) is 1. The fourth-order valence-corrected chi connectivity index (χ4v) is 3.45. The Kier molecular flexibility index (Phi) is 5.31. The van der Waals surface area contributed by atoms with Gasteiger partial charge in [-0.2, -0.15) is 0 Å². The summed E-state index contributed by atoms with van der Waals surface area (Å²) < 4.78 is 5.88. The summed E-state index contributed by atoms with van der Waals surface area (Å²) >= 11 is 1.54. The van der Waals surface area contributed by atoms with Crippen molar-refractivity contribution in [1.82, 2.24) is 9.88 Å². The summed E-state index contributed by atoms with van der Waals surface area (Å²) in [6.45, 7) is 1.26. The van der Waals surface area contributed by atoms with Crippen molar-refractivity contribution < 1.29 is 9.53 Å². The smallest absolute Gasteiger partial charge is 0.232 e. The number of pyridine rings is 1. The van der Waals surface area contributed by atoms with Crippen molar-refractivity contribution in [3.63, 3.8) is 0 Å². The van der Waals surface area contributed by atoms with Crippen LogP contribution < -0.4 is 0 Å². The Morgan fingerprint density at radius 3 is 2.78 bits per heavy atom. The fourth-order valence-electron chi connectivity index (χ4n) is 2.62. The third-order valence-electron chi connectivity index (χ3n) is 3.96. The maximum Gasteiger partial charge on any atom is 0.232 e. The zero-order chi connectivity index (χ0) is 16.1. The Balaban J connectivity index is 1.49. The van der Waals surface area contributed by atoms with Crippen LogP contribution in [0.1, 0.15) is 11.1 Å². The first-order chi connectivity index (χ1) is 11.2. The van der Waals surface area contributed by atoms with E-state index in [1.165, 1.54) is 22.9 Å². The van der Waals surface area contributed by atoms with Crippen LogP contribution in [0.4, 0.5) is 0 Å². The number of carbonyl (C=O) groups is 1. The minimum absolute atomic E-state index is 0.0739. The molecule has 3 rings (SSSR count). The SMILES string of the molecule is CN(CC1Cc2ccccc2CO1)C(=O)CSc1ccncc1. The van der Waals surface area contributed by atoms with Gasteiger partial charge >= 0.3 is 0 Å². The number of fused-ring (bicyclic) bond motifs is 1. The van der Waals surface area contributed by atoms with E-state index in [4.69, 9.17) is 4.74 Å². The molecule has 1 aliphatic rings. The maximum atomic E-state index is 12.3. The second-order valence-corrected chi connectivity index (χ2v) is 6.70. The van der Waals surface area contributed by atoms with E-state index in [1.54, 1.807) is 17.3 Å². The number of benzene rings is 1. The van der Waals surface area contributed by atoms with Crippen LogP contribution in [0.3, 0.4) is 0 Å². The number of nitrogens with zero attached hydrogens (tertiary/aromatic N) is 2. The van der Waals surface area contributed by atoms with Crippen LogP contribution in [0, 0.1) is 0 Å². The first kappa shape index (κ1) is 16.0. The predicted molar refractivity (Wildman–Crippen MR) is 91.3 cm³/mol. The van der Waals surface area contributed by atoms with Gasteiger partial charge in [0.15, 0.2) is 0 Å². The Labute approximate surface area is 140 Å². The molecule has 0 aliphatic carbocycles. The summed E-state index contributed by atoms with van der Waals surface area (Å²) in [4.78, 5) is 19.1. The van der Waals surface area contributed by atoms with Gasteiger partial charge in [-0.05, 0) is 23.3 Å². The van der Waals surface area contributed by atoms with Gasteiger partial charge in [-0.15, -0.1) is 11.8 Å². The van der Waals surface area contributed by atoms with Gasteiger partial charge in [-0.1, -0.05) is 24.3 Å². The van der Waals surface area contributed by atoms with E-state index in [9.17, 15) is 4.79 Å². The van der Waals surface area contributed by atoms with E-state index < -0.39 is 0 Å². The Hall–Kier alpha value is -1.85. The zero-order valence-corrected chi connectivity index (χ0v) is 14.0. The standard InChI is InChI=1S/C18H20N2O2S/c1-20(18(21)13-23-17-6-8-19-9-7-17)11-16-10-14-4-2-3-5-15(14)12-22-16/h2-9,16H,10-13H2,1H3. The normalized spacial score (nSPS) is 16.7. The molecule has 1 aliphatic heterocycles. The van der Waals surface area contributed by atoms with Gasteiger partial charge < -0.3 is 9.64 Å². The first-order valence-electron chi connectivity index (χ1n) is 7.67. The van der Waals surface area contributed by atoms with Crippen molar-refractivity contribution in [2.24, 2.45) is 0 Å². The van der Waals surface area contributed by atoms with E-state index in [-0.39, 0.29) is 12.0 Å². The molecule has 1 amide bonds. The number of carbonyl (C=O) groups excluding carboxylic acids is 1. The highest BCUT2D eigenvalue weighted by Gasteiger charge is 2.22. The van der Waals surface area contributed by atoms with Crippen molar-refractivity contribution in [3.05, 3.63) is 59.9 Å². The third kappa shape index (κ3) is 4.33. The van der Waals surface area contributed by atoms with Crippen LogP contribution in [0.15, 0.2) is 53.7 Å². The molecule has 1 atom stereocenters. The summed E-state index contributed by atoms with van der Waals surface area (Å²) in [5, 5.41) is 0. The van der Waals surface area contributed by atoms with Crippen LogP contribution in [0.2, 0.25) is 0 Å². The van der Waals surface area contributed by atoms with E-state index in [2.05, 4.69) is 23.2 Å². The highest BCUT2D eigenvalue weighted by molar-refractivity contribution is 8.00. The lowest BCUT2D eigenvalue weighted by molar-refractivity contribution is -0.129. The Bertz CT molecular complexity index is 663. The molecule has 5 heteroatoms. The van der Waals surface area contributed by atoms with Crippen molar-refractivity contribution in [3.8, 4) is 0 Å². The first-order valence-corrected chi connectivity index (χ1v) is 8.66. The zero-order valence-electron chi connectivity index (χ0n) is 13.1. The van der Waals surface area contributed by atoms with Gasteiger partial charge in [0.05, 0.1) is 18.5 Å². The quantitative estimate of drug-likeness (QED) is 0.792. The average molecular weight is 328 g/mol. The molecule has 2 aromatic rings. The number of amides is 1. The molecule has 0 saturated carbocycles. The molecule has 1 aromatic carbocycles. The van der Waals surface area contributed by atoms with Crippen LogP contribution in [-0.2, 0) is 22.6 Å². The van der Waals surface area contributed by atoms with E-state index in [0.717, 1.165) is 11.3 Å². The van der Waals surface area contributed by atoms with Crippen molar-refractivity contribution in [2.45, 2.75) is 24.0 Å². The molecular formula is C18H20N2O2S. The molecule has 2 heterocycles. The summed E-state index contributed by atoms with van der Waals surface area (Å²) in [7, 11) is 1.85. The second kappa shape index (κ2) is 7.62. The van der Waals surface area contributed by atoms with Gasteiger partial charge in [-0.25, -0.2) is 0 Å². The van der Waals surface area contributed by atoms with Gasteiger partial charge in [0.25, 0.3) is 0 Å². The average Bonchev–Trinajstić information content (AvgIpc) is 2.60. The number of aromatic nitrogens is 1. The molecule has 1 unspecified atom stereocenters. The molecule has 0 bridgehead atoms. The van der Waals surface area contributed by atoms with E-state index in [1.807, 2.05) is 25.2 Å². The second-order valence-electron chi connectivity index (χ2n) is 5.65. The van der Waals surface area contributed by atoms with Gasteiger partial charge in [-0.3, -0.25) is 9.78 Å². The highest BCUT2D eigenvalue weighted by Crippen LogP contribution is 2.21. The Morgan fingerprint density at radius 2 is 2.00 bits per heavy atom. The number of hydrogen-bond acceptors (Lipinski definition) is 4. The highest BCUT2D eigenvalue weighted by atomic mass is 32.2. The third-order valence-corrected chi connectivity index (χ3v) is 4.95. The molecule has 0 spiro atoms. The lowest BCUT2D eigenvalue weighted by atomic mass is 9.99. The van der Waals surface area contributed by atoms with Crippen LogP contribution in [0.25, 0.3) is 0 Å². The molecule has 0 radical (unpaired) electrons. The summed E-state index contributed by atoms with van der Waals surface area (Å²) in [5.74, 6) is 0.554. The monoisotopic (exact) mass is 328 g/mol. The summed E-state index contributed by atoms with van der Waals surface area (Å²) in [5.41, 5.74) is 2.58. The van der Waals surface area contributed by atoms with Crippen LogP contribution in [-0.4, -0.2) is 41.2 Å². The molecule has 0 saturated heterocycles. The summed E-state index contributed by atoms with van der Waals surface area (Å²) in [6.07, 6.45) is 4.42. The van der Waals surface area contributed by atoms with Gasteiger partial charge in [0.1, 0.15) is 0 Å². The maximum absolute atomic E-state index is 12.3. The Morgan fingerprint density at radius 1 is 1.26 bits per heavy atom. The number of likely N-dealkylation sites (N-methyl/N-ethyl adjacent to an activating group) is 1. The topological polar surface area (TPSA) is 42.4 Å². The molecule has 120 valence electrons. The number of hydrogen-bond donors (Lipinski definition) is 0. The lowest BCUT2D eigenvalue weighted by Gasteiger charge is -2.29. The van der Waals surface area contributed by atoms with Crippen LogP contribution in [0.5, 0.6) is 0 Å².